The molecule has 0 unspecified atom stereocenters. The second kappa shape index (κ2) is 11.9. The molecule has 1 heterocycles. The molecule has 0 spiro atoms. The molecule has 2 rings (SSSR count). The van der Waals surface area contributed by atoms with E-state index in [2.05, 4.69) is 24.7 Å². The SMILES string of the molecule is C=Cc1ccccc1C=C.C=Cc1ccncc1.CC(=O)O. The Kier molecular flexibility index (Phi) is 10.3. The predicted octanol–water partition coefficient (Wildman–Crippen LogP) is 4.79. The zero-order chi connectivity index (χ0) is 16.8. The number of aromatic nitrogens is 1. The van der Waals surface area contributed by atoms with E-state index >= 15 is 0 Å². The highest BCUT2D eigenvalue weighted by atomic mass is 16.4. The zero-order valence-electron chi connectivity index (χ0n) is 12.8. The molecule has 0 fully saturated rings. The summed E-state index contributed by atoms with van der Waals surface area (Å²) in [5, 5.41) is 7.42. The van der Waals surface area contributed by atoms with E-state index in [4.69, 9.17) is 9.90 Å². The quantitative estimate of drug-likeness (QED) is 0.885. The molecule has 1 N–H and O–H groups in total. The van der Waals surface area contributed by atoms with Crippen molar-refractivity contribution in [2.75, 3.05) is 0 Å². The molecule has 3 heteroatoms. The number of hydrogen-bond acceptors (Lipinski definition) is 2. The first kappa shape index (κ1) is 19.1. The van der Waals surface area contributed by atoms with Crippen molar-refractivity contribution >= 4 is 24.2 Å². The Morgan fingerprint density at radius 2 is 1.36 bits per heavy atom. The molecule has 0 aliphatic rings. The summed E-state index contributed by atoms with van der Waals surface area (Å²) in [6.45, 7) is 12.1. The van der Waals surface area contributed by atoms with Crippen LogP contribution >= 0.6 is 0 Å². The topological polar surface area (TPSA) is 50.2 Å². The van der Waals surface area contributed by atoms with Gasteiger partial charge in [-0.15, -0.1) is 0 Å². The summed E-state index contributed by atoms with van der Waals surface area (Å²) in [6.07, 6.45) is 8.95. The summed E-state index contributed by atoms with van der Waals surface area (Å²) in [7, 11) is 0. The van der Waals surface area contributed by atoms with Crippen LogP contribution in [0.25, 0.3) is 18.2 Å². The Labute approximate surface area is 132 Å². The van der Waals surface area contributed by atoms with E-state index in [1.54, 1.807) is 18.5 Å². The number of carboxylic acid groups (broad SMARTS) is 1. The molecule has 0 aliphatic carbocycles. The lowest BCUT2D eigenvalue weighted by Gasteiger charge is -1.96. The number of rotatable bonds is 3. The minimum Gasteiger partial charge on any atom is -0.481 e. The van der Waals surface area contributed by atoms with Crippen molar-refractivity contribution in [1.29, 1.82) is 0 Å². The lowest BCUT2D eigenvalue weighted by Crippen LogP contribution is -1.78. The summed E-state index contributed by atoms with van der Waals surface area (Å²) < 4.78 is 0. The van der Waals surface area contributed by atoms with Crippen LogP contribution in [0, 0.1) is 0 Å². The fourth-order valence-electron chi connectivity index (χ4n) is 1.38. The van der Waals surface area contributed by atoms with Gasteiger partial charge in [-0.1, -0.05) is 62.2 Å². The maximum absolute atomic E-state index is 9.00. The Morgan fingerprint density at radius 1 is 0.955 bits per heavy atom. The van der Waals surface area contributed by atoms with Crippen molar-refractivity contribution in [2.45, 2.75) is 6.92 Å². The fourth-order valence-corrected chi connectivity index (χ4v) is 1.38. The number of benzene rings is 1. The minimum atomic E-state index is -0.833. The average Bonchev–Trinajstić information content (AvgIpc) is 2.55. The highest BCUT2D eigenvalue weighted by Gasteiger charge is 1.89. The summed E-state index contributed by atoms with van der Waals surface area (Å²) in [5.74, 6) is -0.833. The van der Waals surface area contributed by atoms with E-state index in [1.165, 1.54) is 0 Å². The molecule has 0 amide bonds. The van der Waals surface area contributed by atoms with Crippen molar-refractivity contribution in [3.8, 4) is 0 Å². The van der Waals surface area contributed by atoms with Gasteiger partial charge in [0, 0.05) is 19.3 Å². The van der Waals surface area contributed by atoms with Crippen LogP contribution in [0.4, 0.5) is 0 Å². The molecule has 0 aliphatic heterocycles. The molecule has 0 saturated carbocycles. The third kappa shape index (κ3) is 9.04. The first-order chi connectivity index (χ1) is 10.5. The number of nitrogens with zero attached hydrogens (tertiary/aromatic N) is 1. The molecular weight excluding hydrogens is 274 g/mol. The maximum Gasteiger partial charge on any atom is 0.300 e. The van der Waals surface area contributed by atoms with E-state index in [1.807, 2.05) is 48.6 Å². The lowest BCUT2D eigenvalue weighted by atomic mass is 10.1. The summed E-state index contributed by atoms with van der Waals surface area (Å²) in [6, 6.07) is 11.8. The molecular formula is C19H21NO2. The monoisotopic (exact) mass is 295 g/mol. The first-order valence-corrected chi connectivity index (χ1v) is 6.61. The van der Waals surface area contributed by atoms with Crippen molar-refractivity contribution in [3.05, 3.63) is 85.2 Å². The largest absolute Gasteiger partial charge is 0.481 e. The van der Waals surface area contributed by atoms with E-state index in [0.29, 0.717) is 0 Å². The molecule has 22 heavy (non-hydrogen) atoms. The van der Waals surface area contributed by atoms with E-state index < -0.39 is 5.97 Å². The van der Waals surface area contributed by atoms with Gasteiger partial charge in [0.05, 0.1) is 0 Å². The summed E-state index contributed by atoms with van der Waals surface area (Å²) in [5.41, 5.74) is 3.38. The Hall–Kier alpha value is -2.94. The third-order valence-electron chi connectivity index (χ3n) is 2.38. The molecule has 2 aromatic rings. The van der Waals surface area contributed by atoms with E-state index in [0.717, 1.165) is 23.6 Å². The average molecular weight is 295 g/mol. The highest BCUT2D eigenvalue weighted by molar-refractivity contribution is 5.63. The molecule has 1 aromatic carbocycles. The smallest absolute Gasteiger partial charge is 0.300 e. The molecule has 0 radical (unpaired) electrons. The number of pyridine rings is 1. The van der Waals surface area contributed by atoms with Gasteiger partial charge in [0.2, 0.25) is 0 Å². The maximum atomic E-state index is 9.00. The molecule has 1 aromatic heterocycles. The molecule has 114 valence electrons. The van der Waals surface area contributed by atoms with Crippen molar-refractivity contribution in [2.24, 2.45) is 0 Å². The van der Waals surface area contributed by atoms with Crippen LogP contribution in [0.3, 0.4) is 0 Å². The van der Waals surface area contributed by atoms with E-state index in [-0.39, 0.29) is 0 Å². The van der Waals surface area contributed by atoms with Gasteiger partial charge in [-0.05, 0) is 28.8 Å². The number of hydrogen-bond donors (Lipinski definition) is 1. The summed E-state index contributed by atoms with van der Waals surface area (Å²) in [4.78, 5) is 12.8. The second-order valence-electron chi connectivity index (χ2n) is 4.04. The van der Waals surface area contributed by atoms with Crippen molar-refractivity contribution in [3.63, 3.8) is 0 Å². The van der Waals surface area contributed by atoms with Gasteiger partial charge in [-0.3, -0.25) is 9.78 Å². The van der Waals surface area contributed by atoms with Gasteiger partial charge in [-0.2, -0.15) is 0 Å². The van der Waals surface area contributed by atoms with Gasteiger partial charge in [0.15, 0.2) is 0 Å². The van der Waals surface area contributed by atoms with Gasteiger partial charge in [0.1, 0.15) is 0 Å². The Bertz CT molecular complexity index is 573. The highest BCUT2D eigenvalue weighted by Crippen LogP contribution is 2.10. The normalized spacial score (nSPS) is 8.23. The standard InChI is InChI=1S/C10H10.C7H7N.C2H4O2/c1-3-9-7-5-6-8-10(9)4-2;1-2-7-3-5-8-6-4-7;1-2(3)4/h3-8H,1-2H2;2-6H,1H2;1H3,(H,3,4). The van der Waals surface area contributed by atoms with Gasteiger partial charge < -0.3 is 5.11 Å². The van der Waals surface area contributed by atoms with Gasteiger partial charge >= 0.3 is 0 Å². The van der Waals surface area contributed by atoms with Crippen LogP contribution in [0.1, 0.15) is 23.6 Å². The molecule has 3 nitrogen and oxygen atoms in total. The van der Waals surface area contributed by atoms with Gasteiger partial charge in [0.25, 0.3) is 5.97 Å². The summed E-state index contributed by atoms with van der Waals surface area (Å²) >= 11 is 0. The van der Waals surface area contributed by atoms with Crippen LogP contribution in [0.2, 0.25) is 0 Å². The van der Waals surface area contributed by atoms with Crippen molar-refractivity contribution < 1.29 is 9.90 Å². The van der Waals surface area contributed by atoms with Gasteiger partial charge in [-0.25, -0.2) is 0 Å². The fraction of sp³-hybridized carbons (Fsp3) is 0.0526. The first-order valence-electron chi connectivity index (χ1n) is 6.61. The number of carbonyl (C=O) groups is 1. The number of carboxylic acids is 1. The van der Waals surface area contributed by atoms with Crippen LogP contribution in [0.15, 0.2) is 68.5 Å². The van der Waals surface area contributed by atoms with Crippen LogP contribution in [-0.2, 0) is 4.79 Å². The molecule has 0 bridgehead atoms. The molecule has 0 atom stereocenters. The predicted molar refractivity (Wildman–Crippen MR) is 94.3 cm³/mol. The Balaban J connectivity index is 0.000000330. The number of aliphatic carboxylic acids is 1. The van der Waals surface area contributed by atoms with Crippen molar-refractivity contribution in [1.82, 2.24) is 4.98 Å². The Morgan fingerprint density at radius 3 is 1.64 bits per heavy atom. The minimum absolute atomic E-state index is 0.833. The van der Waals surface area contributed by atoms with E-state index in [9.17, 15) is 0 Å². The van der Waals surface area contributed by atoms with Crippen LogP contribution < -0.4 is 0 Å². The van der Waals surface area contributed by atoms with Crippen LogP contribution in [-0.4, -0.2) is 16.1 Å². The lowest BCUT2D eigenvalue weighted by molar-refractivity contribution is -0.134. The second-order valence-corrected chi connectivity index (χ2v) is 4.04. The zero-order valence-corrected chi connectivity index (χ0v) is 12.8. The van der Waals surface area contributed by atoms with Crippen LogP contribution in [0.5, 0.6) is 0 Å². The third-order valence-corrected chi connectivity index (χ3v) is 2.38. The molecule has 0 saturated heterocycles.